The van der Waals surface area contributed by atoms with Crippen molar-refractivity contribution in [3.63, 3.8) is 0 Å². The Morgan fingerprint density at radius 1 is 1.23 bits per heavy atom. The zero-order valence-electron chi connectivity index (χ0n) is 14.0. The van der Waals surface area contributed by atoms with Gasteiger partial charge in [0.05, 0.1) is 18.4 Å². The molecule has 2 bridgehead atoms. The lowest BCUT2D eigenvalue weighted by Gasteiger charge is -2.29. The van der Waals surface area contributed by atoms with Gasteiger partial charge in [0.2, 0.25) is 0 Å². The highest BCUT2D eigenvalue weighted by Crippen LogP contribution is 2.53. The predicted molar refractivity (Wildman–Crippen MR) is 80.6 cm³/mol. The van der Waals surface area contributed by atoms with Gasteiger partial charge in [-0.3, -0.25) is 14.1 Å². The maximum atomic E-state index is 13.6. The third kappa shape index (κ3) is 3.56. The fourth-order valence-electron chi connectivity index (χ4n) is 3.94. The fourth-order valence-corrected chi connectivity index (χ4v) is 4.40. The first kappa shape index (κ1) is 19.4. The summed E-state index contributed by atoms with van der Waals surface area (Å²) in [5.41, 5.74) is 0. The van der Waals surface area contributed by atoms with Crippen LogP contribution in [0.2, 0.25) is 0 Å². The van der Waals surface area contributed by atoms with Crippen molar-refractivity contribution >= 4 is 22.1 Å². The number of esters is 2. The van der Waals surface area contributed by atoms with Gasteiger partial charge in [0, 0.05) is 0 Å². The first-order valence-electron chi connectivity index (χ1n) is 8.36. The standard InChI is InChI=1S/C15H20F2O8S/c1-7(15(16,17)26(20,21)22)25-14(19)12-9-3-2-8(4-9)11(12)13(18)24-6-10-5-23-10/h7-12H,2-6H2,1H3,(H,20,21,22). The Kier molecular flexibility index (Phi) is 4.99. The van der Waals surface area contributed by atoms with Gasteiger partial charge >= 0.3 is 27.3 Å². The minimum atomic E-state index is -5.74. The minimum Gasteiger partial charge on any atom is -0.463 e. The molecule has 1 aliphatic heterocycles. The molecule has 6 unspecified atom stereocenters. The summed E-state index contributed by atoms with van der Waals surface area (Å²) in [7, 11) is -5.74. The van der Waals surface area contributed by atoms with Crippen molar-refractivity contribution in [1.29, 1.82) is 0 Å². The minimum absolute atomic E-state index is 0.0751. The van der Waals surface area contributed by atoms with Gasteiger partial charge in [0.1, 0.15) is 12.7 Å². The third-order valence-electron chi connectivity index (χ3n) is 5.38. The van der Waals surface area contributed by atoms with Gasteiger partial charge in [-0.15, -0.1) is 0 Å². The molecule has 0 aromatic heterocycles. The average molecular weight is 398 g/mol. The van der Waals surface area contributed by atoms with Crippen molar-refractivity contribution in [2.24, 2.45) is 23.7 Å². The van der Waals surface area contributed by atoms with Crippen molar-refractivity contribution in [3.8, 4) is 0 Å². The summed E-state index contributed by atoms with van der Waals surface area (Å²) in [5.74, 6) is -3.72. The first-order chi connectivity index (χ1) is 12.0. The number of ether oxygens (including phenoxy) is 3. The number of hydrogen-bond acceptors (Lipinski definition) is 7. The lowest BCUT2D eigenvalue weighted by Crippen LogP contribution is -2.45. The number of fused-ring (bicyclic) bond motifs is 2. The highest BCUT2D eigenvalue weighted by Gasteiger charge is 2.58. The molecule has 0 spiro atoms. The smallest absolute Gasteiger partial charge is 0.405 e. The number of carbonyl (C=O) groups excluding carboxylic acids is 2. The van der Waals surface area contributed by atoms with Crippen LogP contribution in [-0.2, 0) is 33.9 Å². The fraction of sp³-hybridized carbons (Fsp3) is 0.867. The molecule has 0 aromatic rings. The van der Waals surface area contributed by atoms with Crippen LogP contribution < -0.4 is 0 Å². The van der Waals surface area contributed by atoms with Gasteiger partial charge < -0.3 is 14.2 Å². The van der Waals surface area contributed by atoms with Crippen LogP contribution in [0.25, 0.3) is 0 Å². The van der Waals surface area contributed by atoms with Crippen LogP contribution >= 0.6 is 0 Å². The Morgan fingerprint density at radius 3 is 2.27 bits per heavy atom. The van der Waals surface area contributed by atoms with E-state index in [1.165, 1.54) is 0 Å². The Hall–Kier alpha value is -1.33. The van der Waals surface area contributed by atoms with E-state index in [0.717, 1.165) is 6.42 Å². The van der Waals surface area contributed by atoms with Crippen LogP contribution in [0.3, 0.4) is 0 Å². The molecule has 0 amide bonds. The van der Waals surface area contributed by atoms with Crippen LogP contribution in [0.15, 0.2) is 0 Å². The van der Waals surface area contributed by atoms with E-state index in [1.54, 1.807) is 0 Å². The molecule has 6 atom stereocenters. The number of rotatable bonds is 7. The van der Waals surface area contributed by atoms with E-state index in [9.17, 15) is 26.8 Å². The second-order valence-corrected chi connectivity index (χ2v) is 8.58. The monoisotopic (exact) mass is 398 g/mol. The normalized spacial score (nSPS) is 34.4. The SMILES string of the molecule is CC(OC(=O)C1C2CCC(C2)C1C(=O)OCC1CO1)C(F)(F)S(=O)(=O)O. The molecule has 3 rings (SSSR count). The van der Waals surface area contributed by atoms with Crippen molar-refractivity contribution in [3.05, 3.63) is 0 Å². The number of halogens is 2. The van der Waals surface area contributed by atoms with E-state index >= 15 is 0 Å². The topological polar surface area (TPSA) is 120 Å². The van der Waals surface area contributed by atoms with Gasteiger partial charge in [-0.2, -0.15) is 17.2 Å². The van der Waals surface area contributed by atoms with Crippen LogP contribution in [0.1, 0.15) is 26.2 Å². The molecule has 3 fully saturated rings. The largest absolute Gasteiger partial charge is 0.463 e. The Morgan fingerprint density at radius 2 is 1.77 bits per heavy atom. The molecule has 26 heavy (non-hydrogen) atoms. The summed E-state index contributed by atoms with van der Waals surface area (Å²) in [6.45, 7) is 1.25. The van der Waals surface area contributed by atoms with Gasteiger partial charge in [-0.25, -0.2) is 0 Å². The summed E-state index contributed by atoms with van der Waals surface area (Å²) in [4.78, 5) is 24.8. The molecule has 2 aliphatic carbocycles. The second-order valence-electron chi connectivity index (χ2n) is 7.09. The van der Waals surface area contributed by atoms with Crippen LogP contribution in [-0.4, -0.2) is 55.6 Å². The Balaban J connectivity index is 1.69. The Labute approximate surface area is 148 Å². The number of hydrogen-bond donors (Lipinski definition) is 1. The molecular weight excluding hydrogens is 378 g/mol. The molecule has 8 nitrogen and oxygen atoms in total. The molecule has 148 valence electrons. The second kappa shape index (κ2) is 6.68. The lowest BCUT2D eigenvalue weighted by atomic mass is 9.79. The van der Waals surface area contributed by atoms with E-state index in [1.807, 2.05) is 0 Å². The summed E-state index contributed by atoms with van der Waals surface area (Å²) >= 11 is 0. The van der Waals surface area contributed by atoms with Gasteiger partial charge in [-0.05, 0) is 38.0 Å². The van der Waals surface area contributed by atoms with E-state index < -0.39 is 45.3 Å². The quantitative estimate of drug-likeness (QED) is 0.383. The van der Waals surface area contributed by atoms with E-state index in [-0.39, 0.29) is 24.5 Å². The summed E-state index contributed by atoms with van der Waals surface area (Å²) in [6, 6.07) is 0. The van der Waals surface area contributed by atoms with Crippen molar-refractivity contribution in [2.75, 3.05) is 13.2 Å². The van der Waals surface area contributed by atoms with E-state index in [4.69, 9.17) is 14.0 Å². The number of alkyl halides is 2. The molecule has 0 radical (unpaired) electrons. The van der Waals surface area contributed by atoms with Crippen LogP contribution in [0, 0.1) is 23.7 Å². The maximum Gasteiger partial charge on any atom is 0.405 e. The predicted octanol–water partition coefficient (Wildman–Crippen LogP) is 1.00. The van der Waals surface area contributed by atoms with Crippen molar-refractivity contribution in [2.45, 2.75) is 43.6 Å². The first-order valence-corrected chi connectivity index (χ1v) is 9.80. The molecule has 11 heteroatoms. The maximum absolute atomic E-state index is 13.6. The lowest BCUT2D eigenvalue weighted by molar-refractivity contribution is -0.173. The van der Waals surface area contributed by atoms with Crippen molar-refractivity contribution in [1.82, 2.24) is 0 Å². The molecule has 1 heterocycles. The van der Waals surface area contributed by atoms with E-state index in [2.05, 4.69) is 4.74 Å². The van der Waals surface area contributed by atoms with E-state index in [0.29, 0.717) is 26.4 Å². The molecule has 1 N–H and O–H groups in total. The zero-order chi connectivity index (χ0) is 19.3. The van der Waals surface area contributed by atoms with Crippen LogP contribution in [0.4, 0.5) is 8.78 Å². The van der Waals surface area contributed by atoms with Crippen LogP contribution in [0.5, 0.6) is 0 Å². The zero-order valence-corrected chi connectivity index (χ0v) is 14.8. The number of epoxide rings is 1. The molecule has 2 saturated carbocycles. The molecule has 0 aromatic carbocycles. The van der Waals surface area contributed by atoms with Gasteiger partial charge in [0.25, 0.3) is 0 Å². The Bertz CT molecular complexity index is 690. The highest BCUT2D eigenvalue weighted by atomic mass is 32.2. The summed E-state index contributed by atoms with van der Waals surface area (Å²) < 4.78 is 72.1. The van der Waals surface area contributed by atoms with Gasteiger partial charge in [0.15, 0.2) is 6.10 Å². The van der Waals surface area contributed by atoms with Gasteiger partial charge in [-0.1, -0.05) is 0 Å². The molecular formula is C15H20F2O8S. The summed E-state index contributed by atoms with van der Waals surface area (Å²) in [5, 5.41) is -4.64. The highest BCUT2D eigenvalue weighted by molar-refractivity contribution is 7.86. The number of carbonyl (C=O) groups is 2. The summed E-state index contributed by atoms with van der Waals surface area (Å²) in [6.07, 6.45) is -0.562. The average Bonchev–Trinajstić information content (AvgIpc) is 3.15. The molecule has 3 aliphatic rings. The van der Waals surface area contributed by atoms with Crippen molar-refractivity contribution < 1.29 is 45.6 Å². The third-order valence-corrected chi connectivity index (χ3v) is 6.40. The molecule has 1 saturated heterocycles.